The molecule has 6 heteroatoms. The van der Waals surface area contributed by atoms with Crippen LogP contribution >= 0.6 is 0 Å². The number of rotatable bonds is 5. The highest BCUT2D eigenvalue weighted by Crippen LogP contribution is 2.20. The normalized spacial score (nSPS) is 12.0. The van der Waals surface area contributed by atoms with Gasteiger partial charge in [0.05, 0.1) is 12.5 Å². The Bertz CT molecular complexity index is 887. The predicted octanol–water partition coefficient (Wildman–Crippen LogP) is 3.25. The summed E-state index contributed by atoms with van der Waals surface area (Å²) in [6, 6.07) is 11.7. The van der Waals surface area contributed by atoms with Gasteiger partial charge in [0.15, 0.2) is 0 Å². The summed E-state index contributed by atoms with van der Waals surface area (Å²) < 4.78 is 13.1. The summed E-state index contributed by atoms with van der Waals surface area (Å²) in [6.45, 7) is 0. The summed E-state index contributed by atoms with van der Waals surface area (Å²) in [6.07, 6.45) is 1.49. The number of halogens is 1. The van der Waals surface area contributed by atoms with Gasteiger partial charge >= 0.3 is 5.97 Å². The van der Waals surface area contributed by atoms with Crippen molar-refractivity contribution in [2.24, 2.45) is 0 Å². The third-order valence-corrected chi connectivity index (χ3v) is 3.77. The number of carboxylic acid groups (broad SMARTS) is 1. The standard InChI is InChI=1S/C18H15FN2O3/c19-14-4-1-11(2-5-14)16(10-17(22)23)21-18(24)13-3-6-15-12(9-13)7-8-20-15/h1-9,16,20H,10H2,(H,21,24)(H,22,23). The zero-order chi connectivity index (χ0) is 17.1. The Morgan fingerprint density at radius 2 is 1.88 bits per heavy atom. The molecule has 5 nitrogen and oxygen atoms in total. The molecule has 1 aromatic heterocycles. The van der Waals surface area contributed by atoms with E-state index in [1.165, 1.54) is 24.3 Å². The SMILES string of the molecule is O=C(O)CC(NC(=O)c1ccc2[nH]ccc2c1)c1ccc(F)cc1. The Morgan fingerprint density at radius 3 is 2.58 bits per heavy atom. The number of fused-ring (bicyclic) bond motifs is 1. The largest absolute Gasteiger partial charge is 0.481 e. The van der Waals surface area contributed by atoms with Crippen molar-refractivity contribution in [1.82, 2.24) is 10.3 Å². The second-order valence-corrected chi connectivity index (χ2v) is 5.46. The van der Waals surface area contributed by atoms with Gasteiger partial charge in [-0.2, -0.15) is 0 Å². The van der Waals surface area contributed by atoms with Gasteiger partial charge in [-0.1, -0.05) is 12.1 Å². The molecule has 3 aromatic rings. The number of hydrogen-bond acceptors (Lipinski definition) is 2. The van der Waals surface area contributed by atoms with Gasteiger partial charge in [-0.3, -0.25) is 9.59 Å². The van der Waals surface area contributed by atoms with Gasteiger partial charge < -0.3 is 15.4 Å². The maximum Gasteiger partial charge on any atom is 0.305 e. The fourth-order valence-electron chi connectivity index (χ4n) is 2.56. The van der Waals surface area contributed by atoms with E-state index in [0.29, 0.717) is 11.1 Å². The predicted molar refractivity (Wildman–Crippen MR) is 87.2 cm³/mol. The third kappa shape index (κ3) is 3.43. The Morgan fingerprint density at radius 1 is 1.12 bits per heavy atom. The molecule has 1 heterocycles. The summed E-state index contributed by atoms with van der Waals surface area (Å²) in [5.41, 5.74) is 1.88. The summed E-state index contributed by atoms with van der Waals surface area (Å²) in [4.78, 5) is 26.6. The minimum absolute atomic E-state index is 0.288. The molecular weight excluding hydrogens is 311 g/mol. The molecule has 122 valence electrons. The lowest BCUT2D eigenvalue weighted by Gasteiger charge is -2.17. The topological polar surface area (TPSA) is 82.2 Å². The molecule has 0 saturated heterocycles. The van der Waals surface area contributed by atoms with Gasteiger partial charge in [-0.15, -0.1) is 0 Å². The summed E-state index contributed by atoms with van der Waals surface area (Å²) >= 11 is 0. The summed E-state index contributed by atoms with van der Waals surface area (Å²) in [5, 5.41) is 12.7. The first kappa shape index (κ1) is 15.7. The van der Waals surface area contributed by atoms with Gasteiger partial charge in [-0.05, 0) is 42.0 Å². The Hall–Kier alpha value is -3.15. The monoisotopic (exact) mass is 326 g/mol. The molecule has 1 unspecified atom stereocenters. The summed E-state index contributed by atoms with van der Waals surface area (Å²) in [7, 11) is 0. The average Bonchev–Trinajstić information content (AvgIpc) is 3.02. The van der Waals surface area contributed by atoms with E-state index in [0.717, 1.165) is 10.9 Å². The molecule has 0 bridgehead atoms. The number of aromatic amines is 1. The zero-order valence-corrected chi connectivity index (χ0v) is 12.6. The number of carboxylic acids is 1. The van der Waals surface area contributed by atoms with Crippen molar-refractivity contribution in [2.75, 3.05) is 0 Å². The van der Waals surface area contributed by atoms with Crippen LogP contribution in [-0.2, 0) is 4.79 Å². The van der Waals surface area contributed by atoms with Crippen molar-refractivity contribution < 1.29 is 19.1 Å². The number of H-pyrrole nitrogens is 1. The van der Waals surface area contributed by atoms with E-state index in [2.05, 4.69) is 10.3 Å². The molecule has 0 aliphatic heterocycles. The molecule has 3 N–H and O–H groups in total. The average molecular weight is 326 g/mol. The number of aliphatic carboxylic acids is 1. The van der Waals surface area contributed by atoms with Crippen LogP contribution in [0.1, 0.15) is 28.4 Å². The smallest absolute Gasteiger partial charge is 0.305 e. The van der Waals surface area contributed by atoms with Crippen molar-refractivity contribution in [3.8, 4) is 0 Å². The van der Waals surface area contributed by atoms with Crippen molar-refractivity contribution in [3.05, 3.63) is 71.7 Å². The van der Waals surface area contributed by atoms with Crippen LogP contribution in [0.3, 0.4) is 0 Å². The van der Waals surface area contributed by atoms with Gasteiger partial charge in [-0.25, -0.2) is 4.39 Å². The zero-order valence-electron chi connectivity index (χ0n) is 12.6. The Labute approximate surface area is 137 Å². The molecule has 0 aliphatic rings. The van der Waals surface area contributed by atoms with Crippen LogP contribution in [0.25, 0.3) is 10.9 Å². The highest BCUT2D eigenvalue weighted by atomic mass is 19.1. The maximum atomic E-state index is 13.1. The molecule has 0 saturated carbocycles. The van der Waals surface area contributed by atoms with Crippen LogP contribution in [0.5, 0.6) is 0 Å². The number of hydrogen-bond donors (Lipinski definition) is 3. The van der Waals surface area contributed by atoms with Crippen LogP contribution in [0.2, 0.25) is 0 Å². The van der Waals surface area contributed by atoms with E-state index in [4.69, 9.17) is 5.11 Å². The summed E-state index contributed by atoms with van der Waals surface area (Å²) in [5.74, 6) is -1.85. The van der Waals surface area contributed by atoms with Crippen molar-refractivity contribution in [2.45, 2.75) is 12.5 Å². The van der Waals surface area contributed by atoms with E-state index >= 15 is 0 Å². The van der Waals surface area contributed by atoms with Gasteiger partial charge in [0.25, 0.3) is 5.91 Å². The van der Waals surface area contributed by atoms with E-state index < -0.39 is 17.8 Å². The highest BCUT2D eigenvalue weighted by molar-refractivity contribution is 5.98. The van der Waals surface area contributed by atoms with Gasteiger partial charge in [0.2, 0.25) is 0 Å². The van der Waals surface area contributed by atoms with Gasteiger partial charge in [0.1, 0.15) is 5.82 Å². The Kier molecular flexibility index (Phi) is 4.29. The first-order valence-electron chi connectivity index (χ1n) is 7.38. The number of nitrogens with one attached hydrogen (secondary N) is 2. The lowest BCUT2D eigenvalue weighted by Crippen LogP contribution is -2.30. The van der Waals surface area contributed by atoms with Crippen molar-refractivity contribution in [1.29, 1.82) is 0 Å². The minimum atomic E-state index is -1.05. The quantitative estimate of drug-likeness (QED) is 0.673. The molecular formula is C18H15FN2O3. The first-order chi connectivity index (χ1) is 11.5. The minimum Gasteiger partial charge on any atom is -0.481 e. The highest BCUT2D eigenvalue weighted by Gasteiger charge is 2.19. The van der Waals surface area contributed by atoms with E-state index in [1.807, 2.05) is 6.07 Å². The van der Waals surface area contributed by atoms with Crippen molar-refractivity contribution in [3.63, 3.8) is 0 Å². The van der Waals surface area contributed by atoms with E-state index in [1.54, 1.807) is 24.4 Å². The van der Waals surface area contributed by atoms with Crippen LogP contribution in [-0.4, -0.2) is 22.0 Å². The lowest BCUT2D eigenvalue weighted by atomic mass is 10.0. The fourth-order valence-corrected chi connectivity index (χ4v) is 2.56. The maximum absolute atomic E-state index is 13.1. The molecule has 0 spiro atoms. The molecule has 0 aliphatic carbocycles. The van der Waals surface area contributed by atoms with E-state index in [9.17, 15) is 14.0 Å². The van der Waals surface area contributed by atoms with Crippen LogP contribution in [0.4, 0.5) is 4.39 Å². The van der Waals surface area contributed by atoms with E-state index in [-0.39, 0.29) is 12.3 Å². The van der Waals surface area contributed by atoms with Crippen LogP contribution in [0, 0.1) is 5.82 Å². The van der Waals surface area contributed by atoms with Gasteiger partial charge in [0, 0.05) is 22.7 Å². The Balaban J connectivity index is 1.84. The molecule has 0 radical (unpaired) electrons. The number of aromatic nitrogens is 1. The third-order valence-electron chi connectivity index (χ3n) is 3.77. The van der Waals surface area contributed by atoms with Crippen molar-refractivity contribution >= 4 is 22.8 Å². The second kappa shape index (κ2) is 6.54. The molecule has 3 rings (SSSR count). The molecule has 1 atom stereocenters. The number of carbonyl (C=O) groups excluding carboxylic acids is 1. The molecule has 1 amide bonds. The van der Waals surface area contributed by atoms with Crippen LogP contribution in [0.15, 0.2) is 54.7 Å². The number of amides is 1. The molecule has 0 fully saturated rings. The number of carbonyl (C=O) groups is 2. The van der Waals surface area contributed by atoms with Crippen LogP contribution < -0.4 is 5.32 Å². The lowest BCUT2D eigenvalue weighted by molar-refractivity contribution is -0.137. The molecule has 2 aromatic carbocycles. The first-order valence-corrected chi connectivity index (χ1v) is 7.38. The molecule has 24 heavy (non-hydrogen) atoms. The fraction of sp³-hybridized carbons (Fsp3) is 0.111. The number of benzene rings is 2. The second-order valence-electron chi connectivity index (χ2n) is 5.46.